The SMILES string of the molecule is Cc1ccc(NC(=O)Cn2c(C)c([N+](=O)[O-])ccc2=O)cc1. The van der Waals surface area contributed by atoms with Crippen molar-refractivity contribution in [1.82, 2.24) is 4.57 Å². The van der Waals surface area contributed by atoms with E-state index in [-0.39, 0.29) is 17.9 Å². The molecule has 1 aromatic carbocycles. The van der Waals surface area contributed by atoms with Crippen molar-refractivity contribution in [3.05, 3.63) is 68.1 Å². The Morgan fingerprint density at radius 1 is 1.18 bits per heavy atom. The predicted octanol–water partition coefficient (Wildman–Crippen LogP) is 2.01. The number of nitrogens with zero attached hydrogens (tertiary/aromatic N) is 2. The molecule has 0 aliphatic rings. The van der Waals surface area contributed by atoms with Gasteiger partial charge in [0.25, 0.3) is 11.2 Å². The highest BCUT2D eigenvalue weighted by atomic mass is 16.6. The van der Waals surface area contributed by atoms with Crippen LogP contribution in [-0.2, 0) is 11.3 Å². The quantitative estimate of drug-likeness (QED) is 0.690. The number of rotatable bonds is 4. The lowest BCUT2D eigenvalue weighted by Crippen LogP contribution is -2.29. The Morgan fingerprint density at radius 2 is 1.82 bits per heavy atom. The average molecular weight is 301 g/mol. The highest BCUT2D eigenvalue weighted by molar-refractivity contribution is 5.90. The first kappa shape index (κ1) is 15.4. The van der Waals surface area contributed by atoms with Crippen LogP contribution in [0, 0.1) is 24.0 Å². The molecule has 0 aliphatic carbocycles. The van der Waals surface area contributed by atoms with Gasteiger partial charge in [0.1, 0.15) is 6.54 Å². The van der Waals surface area contributed by atoms with Gasteiger partial charge < -0.3 is 5.32 Å². The summed E-state index contributed by atoms with van der Waals surface area (Å²) in [7, 11) is 0. The van der Waals surface area contributed by atoms with Crippen molar-refractivity contribution < 1.29 is 9.72 Å². The van der Waals surface area contributed by atoms with E-state index in [0.29, 0.717) is 5.69 Å². The van der Waals surface area contributed by atoms with Gasteiger partial charge in [0.05, 0.1) is 10.6 Å². The Bertz CT molecular complexity index is 778. The fourth-order valence-corrected chi connectivity index (χ4v) is 2.03. The van der Waals surface area contributed by atoms with Crippen LogP contribution in [0.4, 0.5) is 11.4 Å². The molecule has 0 bridgehead atoms. The minimum absolute atomic E-state index is 0.150. The zero-order valence-electron chi connectivity index (χ0n) is 12.2. The van der Waals surface area contributed by atoms with Gasteiger partial charge in [-0.25, -0.2) is 0 Å². The van der Waals surface area contributed by atoms with Crippen LogP contribution in [0.5, 0.6) is 0 Å². The monoisotopic (exact) mass is 301 g/mol. The minimum atomic E-state index is -0.580. The Balaban J connectivity index is 2.21. The first-order chi connectivity index (χ1) is 10.4. The Morgan fingerprint density at radius 3 is 2.41 bits per heavy atom. The van der Waals surface area contributed by atoms with Crippen molar-refractivity contribution in [3.63, 3.8) is 0 Å². The average Bonchev–Trinajstić information content (AvgIpc) is 2.45. The number of anilines is 1. The molecule has 7 nitrogen and oxygen atoms in total. The molecule has 1 N–H and O–H groups in total. The van der Waals surface area contributed by atoms with Crippen molar-refractivity contribution in [3.8, 4) is 0 Å². The molecule has 0 fully saturated rings. The summed E-state index contributed by atoms with van der Waals surface area (Å²) in [5.41, 5.74) is 1.16. The second kappa shape index (κ2) is 6.21. The van der Waals surface area contributed by atoms with Crippen LogP contribution < -0.4 is 10.9 Å². The molecule has 22 heavy (non-hydrogen) atoms. The number of hydrogen-bond acceptors (Lipinski definition) is 4. The van der Waals surface area contributed by atoms with Gasteiger partial charge in [-0.1, -0.05) is 17.7 Å². The summed E-state index contributed by atoms with van der Waals surface area (Å²) in [6.45, 7) is 3.09. The van der Waals surface area contributed by atoms with Crippen LogP contribution >= 0.6 is 0 Å². The standard InChI is InChI=1S/C15H15N3O4/c1-10-3-5-12(6-4-10)16-14(19)9-17-11(2)13(18(21)22)7-8-15(17)20/h3-8H,9H2,1-2H3,(H,16,19). The number of benzene rings is 1. The minimum Gasteiger partial charge on any atom is -0.325 e. The zero-order chi connectivity index (χ0) is 16.3. The lowest BCUT2D eigenvalue weighted by atomic mass is 10.2. The number of hydrogen-bond donors (Lipinski definition) is 1. The predicted molar refractivity (Wildman–Crippen MR) is 81.9 cm³/mol. The molecule has 0 radical (unpaired) electrons. The van der Waals surface area contributed by atoms with E-state index in [4.69, 9.17) is 0 Å². The van der Waals surface area contributed by atoms with Gasteiger partial charge in [-0.3, -0.25) is 24.3 Å². The number of aromatic nitrogens is 1. The molecule has 2 aromatic rings. The fraction of sp³-hybridized carbons (Fsp3) is 0.200. The molecule has 0 spiro atoms. The summed E-state index contributed by atoms with van der Waals surface area (Å²) in [6, 6.07) is 9.42. The summed E-state index contributed by atoms with van der Waals surface area (Å²) in [5.74, 6) is -0.422. The zero-order valence-corrected chi connectivity index (χ0v) is 12.2. The molecule has 0 saturated carbocycles. The lowest BCUT2D eigenvalue weighted by Gasteiger charge is -2.10. The summed E-state index contributed by atoms with van der Waals surface area (Å²) in [6.07, 6.45) is 0. The summed E-state index contributed by atoms with van der Waals surface area (Å²) in [5, 5.41) is 13.5. The van der Waals surface area contributed by atoms with E-state index >= 15 is 0 Å². The molecular weight excluding hydrogens is 286 g/mol. The third-order valence-electron chi connectivity index (χ3n) is 3.26. The van der Waals surface area contributed by atoms with E-state index in [1.165, 1.54) is 6.92 Å². The largest absolute Gasteiger partial charge is 0.325 e. The van der Waals surface area contributed by atoms with Crippen LogP contribution in [0.25, 0.3) is 0 Å². The van der Waals surface area contributed by atoms with Gasteiger partial charge in [-0.15, -0.1) is 0 Å². The van der Waals surface area contributed by atoms with Gasteiger partial charge in [0.15, 0.2) is 0 Å². The molecule has 0 unspecified atom stereocenters. The molecule has 0 aliphatic heterocycles. The van der Waals surface area contributed by atoms with Crippen LogP contribution in [0.3, 0.4) is 0 Å². The Kier molecular flexibility index (Phi) is 4.36. The molecule has 2 rings (SSSR count). The summed E-state index contributed by atoms with van der Waals surface area (Å²) in [4.78, 5) is 34.1. The van der Waals surface area contributed by atoms with Crippen molar-refractivity contribution in [2.45, 2.75) is 20.4 Å². The van der Waals surface area contributed by atoms with Gasteiger partial charge in [0, 0.05) is 17.8 Å². The van der Waals surface area contributed by atoms with Gasteiger partial charge >= 0.3 is 0 Å². The molecule has 1 amide bonds. The third-order valence-corrected chi connectivity index (χ3v) is 3.26. The third kappa shape index (κ3) is 3.38. The summed E-state index contributed by atoms with van der Waals surface area (Å²) < 4.78 is 1.08. The van der Waals surface area contributed by atoms with Crippen LogP contribution in [-0.4, -0.2) is 15.4 Å². The number of amides is 1. The Labute approximate surface area is 126 Å². The molecule has 0 atom stereocenters. The first-order valence-corrected chi connectivity index (χ1v) is 6.60. The molecular formula is C15H15N3O4. The van der Waals surface area contributed by atoms with E-state index in [2.05, 4.69) is 5.32 Å². The van der Waals surface area contributed by atoms with E-state index in [9.17, 15) is 19.7 Å². The number of carbonyl (C=O) groups is 1. The number of carbonyl (C=O) groups excluding carboxylic acids is 1. The maximum Gasteiger partial charge on any atom is 0.288 e. The van der Waals surface area contributed by atoms with Crippen molar-refractivity contribution in [2.24, 2.45) is 0 Å². The molecule has 1 heterocycles. The smallest absolute Gasteiger partial charge is 0.288 e. The van der Waals surface area contributed by atoms with Crippen LogP contribution in [0.2, 0.25) is 0 Å². The van der Waals surface area contributed by atoms with Gasteiger partial charge in [-0.2, -0.15) is 0 Å². The maximum atomic E-state index is 12.0. The van der Waals surface area contributed by atoms with Gasteiger partial charge in [-0.05, 0) is 26.0 Å². The van der Waals surface area contributed by atoms with E-state index < -0.39 is 16.4 Å². The number of pyridine rings is 1. The maximum absolute atomic E-state index is 12.0. The molecule has 114 valence electrons. The first-order valence-electron chi connectivity index (χ1n) is 6.60. The molecule has 7 heteroatoms. The lowest BCUT2D eigenvalue weighted by molar-refractivity contribution is -0.386. The van der Waals surface area contributed by atoms with E-state index in [1.807, 2.05) is 19.1 Å². The molecule has 0 saturated heterocycles. The molecule has 1 aromatic heterocycles. The second-order valence-electron chi connectivity index (χ2n) is 4.90. The van der Waals surface area contributed by atoms with Crippen LogP contribution in [0.15, 0.2) is 41.2 Å². The number of nitro groups is 1. The second-order valence-corrected chi connectivity index (χ2v) is 4.90. The summed E-state index contributed by atoms with van der Waals surface area (Å²) >= 11 is 0. The van der Waals surface area contributed by atoms with Crippen molar-refractivity contribution in [1.29, 1.82) is 0 Å². The van der Waals surface area contributed by atoms with Crippen molar-refractivity contribution in [2.75, 3.05) is 5.32 Å². The van der Waals surface area contributed by atoms with E-state index in [1.54, 1.807) is 12.1 Å². The highest BCUT2D eigenvalue weighted by Gasteiger charge is 2.16. The number of aryl methyl sites for hydroxylation is 1. The van der Waals surface area contributed by atoms with Gasteiger partial charge in [0.2, 0.25) is 5.91 Å². The number of nitrogens with one attached hydrogen (secondary N) is 1. The Hall–Kier alpha value is -2.96. The fourth-order valence-electron chi connectivity index (χ4n) is 2.03. The highest BCUT2D eigenvalue weighted by Crippen LogP contribution is 2.15. The topological polar surface area (TPSA) is 94.2 Å². The van der Waals surface area contributed by atoms with Crippen LogP contribution in [0.1, 0.15) is 11.3 Å². The van der Waals surface area contributed by atoms with Crippen molar-refractivity contribution >= 4 is 17.3 Å². The van der Waals surface area contributed by atoms with E-state index in [0.717, 1.165) is 22.3 Å². The normalized spacial score (nSPS) is 10.3.